The van der Waals surface area contributed by atoms with Crippen molar-refractivity contribution in [2.75, 3.05) is 0 Å². The third kappa shape index (κ3) is 4.76. The minimum Gasteiger partial charge on any atom is -0.478 e. The molecule has 0 amide bonds. The number of nitrogens with one attached hydrogen (secondary N) is 1. The Balaban J connectivity index is 0.000000194. The molecule has 5 nitrogen and oxygen atoms in total. The summed E-state index contributed by atoms with van der Waals surface area (Å²) in [5.74, 6) is -1.54. The molecule has 0 aliphatic carbocycles. The lowest BCUT2D eigenvalue weighted by Gasteiger charge is -2.08. The normalized spacial score (nSPS) is 10.5. The number of H-pyrrole nitrogens is 1. The first-order valence-electron chi connectivity index (χ1n) is 9.02. The van der Waals surface area contributed by atoms with E-state index < -0.39 is 11.9 Å². The highest BCUT2D eigenvalue weighted by molar-refractivity contribution is 5.96. The number of rotatable bonds is 5. The number of fused-ring (bicyclic) bond motifs is 1. The summed E-state index contributed by atoms with van der Waals surface area (Å²) in [4.78, 5) is 24.7. The first kappa shape index (κ1) is 20.2. The number of aromatic amines is 1. The van der Waals surface area contributed by atoms with Gasteiger partial charge in [0.1, 0.15) is 0 Å². The Morgan fingerprint density at radius 3 is 1.96 bits per heavy atom. The molecule has 0 atom stereocenters. The average molecular weight is 367 g/mol. The first-order valence-corrected chi connectivity index (χ1v) is 9.02. The van der Waals surface area contributed by atoms with E-state index in [4.69, 9.17) is 10.2 Å². The molecule has 1 aromatic heterocycles. The summed E-state index contributed by atoms with van der Waals surface area (Å²) in [6.07, 6.45) is 2.42. The molecular weight excluding hydrogens is 342 g/mol. The van der Waals surface area contributed by atoms with E-state index in [0.717, 1.165) is 0 Å². The lowest BCUT2D eigenvalue weighted by atomic mass is 10.00. The fraction of sp³-hybridized carbons (Fsp3) is 0.273. The lowest BCUT2D eigenvalue weighted by molar-refractivity contribution is 0.0696. The second-order valence-electron chi connectivity index (χ2n) is 6.41. The Bertz CT molecular complexity index is 873. The zero-order chi connectivity index (χ0) is 20.0. The standard InChI is InChI=1S/C13H17N.C9H8O4/c1-3-10(4-2)13-9-11-7-5-6-8-12(11)14-13;1-5-6(8(10)11)3-2-4-7(5)9(12)13/h5-10,14H,3-4H2,1-2H3;2-4H,1H3,(H,10,11)(H,12,13). The van der Waals surface area contributed by atoms with Crippen LogP contribution in [0, 0.1) is 6.92 Å². The summed E-state index contributed by atoms with van der Waals surface area (Å²) < 4.78 is 0. The maximum absolute atomic E-state index is 10.6. The molecule has 0 spiro atoms. The number of carbonyl (C=O) groups is 2. The van der Waals surface area contributed by atoms with E-state index in [9.17, 15) is 9.59 Å². The Morgan fingerprint density at radius 2 is 1.48 bits per heavy atom. The number of benzene rings is 2. The second-order valence-corrected chi connectivity index (χ2v) is 6.41. The first-order chi connectivity index (χ1) is 12.9. The highest BCUT2D eigenvalue weighted by Crippen LogP contribution is 2.25. The molecule has 5 heteroatoms. The van der Waals surface area contributed by atoms with Crippen molar-refractivity contribution < 1.29 is 19.8 Å². The van der Waals surface area contributed by atoms with Crippen molar-refractivity contribution >= 4 is 22.8 Å². The Labute approximate surface area is 158 Å². The van der Waals surface area contributed by atoms with Gasteiger partial charge in [-0.15, -0.1) is 0 Å². The Hall–Kier alpha value is -3.08. The highest BCUT2D eigenvalue weighted by atomic mass is 16.4. The van der Waals surface area contributed by atoms with Crippen molar-refractivity contribution in [3.8, 4) is 0 Å². The van der Waals surface area contributed by atoms with Gasteiger partial charge in [-0.05, 0) is 60.9 Å². The third-order valence-corrected chi connectivity index (χ3v) is 4.77. The second kappa shape index (κ2) is 9.03. The minimum atomic E-state index is -1.11. The highest BCUT2D eigenvalue weighted by Gasteiger charge is 2.13. The van der Waals surface area contributed by atoms with Gasteiger partial charge in [-0.25, -0.2) is 9.59 Å². The molecule has 27 heavy (non-hydrogen) atoms. The molecular formula is C22H25NO4. The van der Waals surface area contributed by atoms with Gasteiger partial charge in [-0.2, -0.15) is 0 Å². The SMILES string of the molecule is CCC(CC)c1cc2ccccc2[nH]1.Cc1c(C(=O)O)cccc1C(=O)O. The summed E-state index contributed by atoms with van der Waals surface area (Å²) in [5, 5.41) is 18.7. The van der Waals surface area contributed by atoms with Crippen LogP contribution in [0.3, 0.4) is 0 Å². The van der Waals surface area contributed by atoms with Gasteiger partial charge in [0, 0.05) is 11.2 Å². The van der Waals surface area contributed by atoms with Gasteiger partial charge in [0.25, 0.3) is 0 Å². The van der Waals surface area contributed by atoms with E-state index in [1.54, 1.807) is 0 Å². The number of hydrogen-bond acceptors (Lipinski definition) is 2. The molecule has 0 saturated heterocycles. The van der Waals surface area contributed by atoms with Crippen molar-refractivity contribution in [1.29, 1.82) is 0 Å². The smallest absolute Gasteiger partial charge is 0.335 e. The number of hydrogen-bond donors (Lipinski definition) is 3. The molecule has 142 valence electrons. The van der Waals surface area contributed by atoms with Crippen LogP contribution in [0.1, 0.15) is 64.6 Å². The van der Waals surface area contributed by atoms with Crippen LogP contribution in [0.25, 0.3) is 10.9 Å². The van der Waals surface area contributed by atoms with Crippen LogP contribution >= 0.6 is 0 Å². The number of carboxylic acid groups (broad SMARTS) is 2. The van der Waals surface area contributed by atoms with Crippen LogP contribution in [-0.4, -0.2) is 27.1 Å². The quantitative estimate of drug-likeness (QED) is 0.558. The van der Waals surface area contributed by atoms with Gasteiger partial charge in [-0.1, -0.05) is 38.1 Å². The zero-order valence-corrected chi connectivity index (χ0v) is 15.8. The van der Waals surface area contributed by atoms with Gasteiger partial charge in [0.2, 0.25) is 0 Å². The zero-order valence-electron chi connectivity index (χ0n) is 15.8. The molecule has 0 fully saturated rings. The summed E-state index contributed by atoms with van der Waals surface area (Å²) in [7, 11) is 0. The van der Waals surface area contributed by atoms with Gasteiger partial charge < -0.3 is 15.2 Å². The van der Waals surface area contributed by atoms with Crippen LogP contribution in [0.2, 0.25) is 0 Å². The van der Waals surface area contributed by atoms with E-state index in [0.29, 0.717) is 5.92 Å². The van der Waals surface area contributed by atoms with Crippen molar-refractivity contribution in [3.05, 3.63) is 70.9 Å². The van der Waals surface area contributed by atoms with Crippen LogP contribution in [0.5, 0.6) is 0 Å². The fourth-order valence-electron chi connectivity index (χ4n) is 3.14. The Kier molecular flexibility index (Phi) is 6.77. The Morgan fingerprint density at radius 1 is 0.926 bits per heavy atom. The minimum absolute atomic E-state index is 0.0277. The molecule has 0 unspecified atom stereocenters. The van der Waals surface area contributed by atoms with E-state index in [1.165, 1.54) is 54.6 Å². The van der Waals surface area contributed by atoms with E-state index in [1.807, 2.05) is 0 Å². The third-order valence-electron chi connectivity index (χ3n) is 4.77. The van der Waals surface area contributed by atoms with Crippen LogP contribution in [-0.2, 0) is 0 Å². The molecule has 0 saturated carbocycles. The topological polar surface area (TPSA) is 90.4 Å². The van der Waals surface area contributed by atoms with Gasteiger partial charge in [-0.3, -0.25) is 0 Å². The molecule has 0 radical (unpaired) electrons. The van der Waals surface area contributed by atoms with Crippen molar-refractivity contribution in [1.82, 2.24) is 4.98 Å². The molecule has 3 rings (SSSR count). The van der Waals surface area contributed by atoms with Crippen molar-refractivity contribution in [3.63, 3.8) is 0 Å². The molecule has 3 aromatic rings. The van der Waals surface area contributed by atoms with E-state index in [-0.39, 0.29) is 16.7 Å². The number of carboxylic acids is 2. The lowest BCUT2D eigenvalue weighted by Crippen LogP contribution is -2.06. The number of aromatic carboxylic acids is 2. The summed E-state index contributed by atoms with van der Waals surface area (Å²) in [6.45, 7) is 5.98. The summed E-state index contributed by atoms with van der Waals surface area (Å²) in [5.41, 5.74) is 2.98. The van der Waals surface area contributed by atoms with Gasteiger partial charge in [0.05, 0.1) is 11.1 Å². The van der Waals surface area contributed by atoms with Crippen LogP contribution in [0.15, 0.2) is 48.5 Å². The van der Waals surface area contributed by atoms with E-state index in [2.05, 4.69) is 49.2 Å². The molecule has 2 aromatic carbocycles. The summed E-state index contributed by atoms with van der Waals surface area (Å²) in [6, 6.07) is 14.9. The maximum atomic E-state index is 10.6. The fourth-order valence-corrected chi connectivity index (χ4v) is 3.14. The monoisotopic (exact) mass is 367 g/mol. The van der Waals surface area contributed by atoms with Crippen LogP contribution < -0.4 is 0 Å². The maximum Gasteiger partial charge on any atom is 0.335 e. The van der Waals surface area contributed by atoms with Gasteiger partial charge in [0.15, 0.2) is 0 Å². The van der Waals surface area contributed by atoms with Crippen molar-refractivity contribution in [2.45, 2.75) is 39.5 Å². The molecule has 0 aliphatic rings. The average Bonchev–Trinajstić information content (AvgIpc) is 3.06. The molecule has 1 heterocycles. The predicted octanol–water partition coefficient (Wildman–Crippen LogP) is 5.46. The van der Waals surface area contributed by atoms with Crippen LogP contribution in [0.4, 0.5) is 0 Å². The largest absolute Gasteiger partial charge is 0.478 e. The molecule has 3 N–H and O–H groups in total. The summed E-state index contributed by atoms with van der Waals surface area (Å²) >= 11 is 0. The molecule has 0 aliphatic heterocycles. The number of aromatic nitrogens is 1. The predicted molar refractivity (Wildman–Crippen MR) is 107 cm³/mol. The van der Waals surface area contributed by atoms with Gasteiger partial charge >= 0.3 is 11.9 Å². The van der Waals surface area contributed by atoms with E-state index >= 15 is 0 Å². The number of para-hydroxylation sites is 1. The van der Waals surface area contributed by atoms with Crippen molar-refractivity contribution in [2.24, 2.45) is 0 Å². The molecule has 0 bridgehead atoms.